The summed E-state index contributed by atoms with van der Waals surface area (Å²) >= 11 is 17.7. The highest BCUT2D eigenvalue weighted by Crippen LogP contribution is 2.36. The molecular formula is C12H9Cl3N2O. The molecule has 0 atom stereocenters. The van der Waals surface area contributed by atoms with Crippen molar-refractivity contribution >= 4 is 40.5 Å². The topological polar surface area (TPSA) is 48.1 Å². The maximum absolute atomic E-state index is 6.00. The maximum Gasteiger partial charge on any atom is 0.219 e. The van der Waals surface area contributed by atoms with Crippen LogP contribution in [0.3, 0.4) is 0 Å². The molecule has 2 rings (SSSR count). The van der Waals surface area contributed by atoms with Crippen LogP contribution in [-0.4, -0.2) is 4.98 Å². The van der Waals surface area contributed by atoms with E-state index in [0.29, 0.717) is 32.4 Å². The summed E-state index contributed by atoms with van der Waals surface area (Å²) in [5, 5.41) is 1.10. The second-order valence-electron chi connectivity index (χ2n) is 3.68. The molecule has 1 aromatic carbocycles. The number of rotatable bonds is 2. The molecule has 18 heavy (non-hydrogen) atoms. The van der Waals surface area contributed by atoms with Gasteiger partial charge in [-0.05, 0) is 18.6 Å². The predicted octanol–water partition coefficient (Wildman–Crippen LogP) is 4.72. The molecule has 0 fully saturated rings. The number of pyridine rings is 1. The number of nitrogens with two attached hydrogens (primary N) is 1. The van der Waals surface area contributed by atoms with E-state index < -0.39 is 0 Å². The van der Waals surface area contributed by atoms with Gasteiger partial charge in [0.05, 0.1) is 27.0 Å². The molecule has 94 valence electrons. The maximum atomic E-state index is 6.00. The Kier molecular flexibility index (Phi) is 3.85. The monoisotopic (exact) mass is 302 g/mol. The Morgan fingerprint density at radius 1 is 1.06 bits per heavy atom. The van der Waals surface area contributed by atoms with E-state index in [4.69, 9.17) is 45.3 Å². The number of benzene rings is 1. The molecule has 0 radical (unpaired) electrons. The minimum atomic E-state index is 0.362. The van der Waals surface area contributed by atoms with Gasteiger partial charge in [0.15, 0.2) is 0 Å². The molecule has 0 spiro atoms. The summed E-state index contributed by atoms with van der Waals surface area (Å²) in [7, 11) is 0. The van der Waals surface area contributed by atoms with Crippen molar-refractivity contribution in [2.45, 2.75) is 6.92 Å². The number of aromatic nitrogens is 1. The average molecular weight is 304 g/mol. The SMILES string of the molecule is Cc1cc(Oc2cc(Cl)c(Cl)cc2Cl)ncc1N. The molecule has 6 heteroatoms. The molecule has 0 aliphatic heterocycles. The summed E-state index contributed by atoms with van der Waals surface area (Å²) in [6.07, 6.45) is 1.52. The third-order valence-corrected chi connectivity index (χ3v) is 3.33. The fourth-order valence-electron chi connectivity index (χ4n) is 1.29. The fourth-order valence-corrected chi connectivity index (χ4v) is 1.87. The van der Waals surface area contributed by atoms with Crippen molar-refractivity contribution in [3.05, 3.63) is 45.0 Å². The molecular weight excluding hydrogens is 295 g/mol. The smallest absolute Gasteiger partial charge is 0.219 e. The number of nitrogen functional groups attached to an aromatic ring is 1. The van der Waals surface area contributed by atoms with Crippen molar-refractivity contribution in [1.82, 2.24) is 4.98 Å². The van der Waals surface area contributed by atoms with E-state index in [2.05, 4.69) is 4.98 Å². The molecule has 0 saturated carbocycles. The first-order valence-electron chi connectivity index (χ1n) is 5.02. The summed E-state index contributed by atoms with van der Waals surface area (Å²) in [5.41, 5.74) is 7.14. The average Bonchev–Trinajstić information content (AvgIpc) is 2.31. The van der Waals surface area contributed by atoms with E-state index in [1.54, 1.807) is 12.1 Å². The Balaban J connectivity index is 2.34. The second kappa shape index (κ2) is 5.22. The van der Waals surface area contributed by atoms with E-state index in [0.717, 1.165) is 5.56 Å². The van der Waals surface area contributed by atoms with E-state index in [1.165, 1.54) is 12.3 Å². The second-order valence-corrected chi connectivity index (χ2v) is 4.90. The van der Waals surface area contributed by atoms with Crippen LogP contribution in [0.1, 0.15) is 5.56 Å². The predicted molar refractivity (Wildman–Crippen MR) is 74.9 cm³/mol. The zero-order chi connectivity index (χ0) is 13.3. The Morgan fingerprint density at radius 2 is 1.72 bits per heavy atom. The molecule has 0 aliphatic rings. The Hall–Kier alpha value is -1.16. The lowest BCUT2D eigenvalue weighted by Gasteiger charge is -2.09. The van der Waals surface area contributed by atoms with Gasteiger partial charge in [-0.15, -0.1) is 0 Å². The van der Waals surface area contributed by atoms with Crippen molar-refractivity contribution in [3.63, 3.8) is 0 Å². The summed E-state index contributed by atoms with van der Waals surface area (Å²) in [5.74, 6) is 0.782. The number of anilines is 1. The van der Waals surface area contributed by atoms with Crippen LogP contribution >= 0.6 is 34.8 Å². The third kappa shape index (κ3) is 2.80. The van der Waals surface area contributed by atoms with Gasteiger partial charge < -0.3 is 10.5 Å². The first-order valence-corrected chi connectivity index (χ1v) is 6.15. The molecule has 0 bridgehead atoms. The zero-order valence-electron chi connectivity index (χ0n) is 9.38. The molecule has 1 aromatic heterocycles. The van der Waals surface area contributed by atoms with Crippen molar-refractivity contribution in [2.24, 2.45) is 0 Å². The summed E-state index contributed by atoms with van der Waals surface area (Å²) < 4.78 is 5.54. The van der Waals surface area contributed by atoms with Crippen molar-refractivity contribution in [3.8, 4) is 11.6 Å². The summed E-state index contributed by atoms with van der Waals surface area (Å²) in [6.45, 7) is 1.86. The molecule has 2 aromatic rings. The van der Waals surface area contributed by atoms with E-state index in [-0.39, 0.29) is 0 Å². The standard InChI is InChI=1S/C12H9Cl3N2O/c1-6-2-12(17-5-10(6)16)18-11-4-8(14)7(13)3-9(11)15/h2-5H,16H2,1H3. The highest BCUT2D eigenvalue weighted by atomic mass is 35.5. The molecule has 2 N–H and O–H groups in total. The Labute approximate surface area is 119 Å². The van der Waals surface area contributed by atoms with Crippen molar-refractivity contribution < 1.29 is 4.74 Å². The number of nitrogens with zero attached hydrogens (tertiary/aromatic N) is 1. The molecule has 1 heterocycles. The van der Waals surface area contributed by atoms with Crippen LogP contribution in [-0.2, 0) is 0 Å². The van der Waals surface area contributed by atoms with Crippen LogP contribution in [0.25, 0.3) is 0 Å². The van der Waals surface area contributed by atoms with Crippen LogP contribution in [0.15, 0.2) is 24.4 Å². The fraction of sp³-hybridized carbons (Fsp3) is 0.0833. The normalized spacial score (nSPS) is 10.4. The third-order valence-electron chi connectivity index (χ3n) is 2.32. The number of hydrogen-bond donors (Lipinski definition) is 1. The Morgan fingerprint density at radius 3 is 2.39 bits per heavy atom. The summed E-state index contributed by atoms with van der Waals surface area (Å²) in [6, 6.07) is 4.78. The van der Waals surface area contributed by atoms with Gasteiger partial charge in [-0.25, -0.2) is 4.98 Å². The quantitative estimate of drug-likeness (QED) is 0.816. The van der Waals surface area contributed by atoms with Gasteiger partial charge in [-0.2, -0.15) is 0 Å². The van der Waals surface area contributed by atoms with E-state index >= 15 is 0 Å². The molecule has 0 aliphatic carbocycles. The first kappa shape index (κ1) is 13.3. The van der Waals surface area contributed by atoms with Gasteiger partial charge in [-0.3, -0.25) is 0 Å². The number of halogens is 3. The highest BCUT2D eigenvalue weighted by Gasteiger charge is 2.09. The number of ether oxygens (including phenoxy) is 1. The molecule has 0 amide bonds. The molecule has 3 nitrogen and oxygen atoms in total. The van der Waals surface area contributed by atoms with E-state index in [9.17, 15) is 0 Å². The first-order chi connectivity index (χ1) is 8.47. The van der Waals surface area contributed by atoms with Crippen molar-refractivity contribution in [2.75, 3.05) is 5.73 Å². The summed E-state index contributed by atoms with van der Waals surface area (Å²) in [4.78, 5) is 4.05. The van der Waals surface area contributed by atoms with Crippen LogP contribution in [0.2, 0.25) is 15.1 Å². The van der Waals surface area contributed by atoms with Crippen LogP contribution < -0.4 is 10.5 Å². The van der Waals surface area contributed by atoms with Gasteiger partial charge in [0.2, 0.25) is 5.88 Å². The molecule has 0 unspecified atom stereocenters. The highest BCUT2D eigenvalue weighted by molar-refractivity contribution is 6.43. The van der Waals surface area contributed by atoms with Gasteiger partial charge in [0.25, 0.3) is 0 Å². The minimum Gasteiger partial charge on any atom is -0.437 e. The van der Waals surface area contributed by atoms with Gasteiger partial charge in [-0.1, -0.05) is 34.8 Å². The lowest BCUT2D eigenvalue weighted by molar-refractivity contribution is 0.463. The number of aryl methyl sites for hydroxylation is 1. The van der Waals surface area contributed by atoms with Gasteiger partial charge >= 0.3 is 0 Å². The van der Waals surface area contributed by atoms with Crippen LogP contribution in [0.5, 0.6) is 11.6 Å². The Bertz CT molecular complexity index is 602. The molecule has 0 saturated heterocycles. The number of hydrogen-bond acceptors (Lipinski definition) is 3. The van der Waals surface area contributed by atoms with Crippen LogP contribution in [0.4, 0.5) is 5.69 Å². The minimum absolute atomic E-state index is 0.362. The van der Waals surface area contributed by atoms with Gasteiger partial charge in [0, 0.05) is 12.1 Å². The lowest BCUT2D eigenvalue weighted by atomic mass is 10.2. The van der Waals surface area contributed by atoms with E-state index in [1.807, 2.05) is 6.92 Å². The van der Waals surface area contributed by atoms with Gasteiger partial charge in [0.1, 0.15) is 5.75 Å². The lowest BCUT2D eigenvalue weighted by Crippen LogP contribution is -1.94. The van der Waals surface area contributed by atoms with Crippen LogP contribution in [0, 0.1) is 6.92 Å². The van der Waals surface area contributed by atoms with Crippen molar-refractivity contribution in [1.29, 1.82) is 0 Å². The zero-order valence-corrected chi connectivity index (χ0v) is 11.6. The largest absolute Gasteiger partial charge is 0.437 e.